The molecular formula is C17H20N4O2S. The summed E-state index contributed by atoms with van der Waals surface area (Å²) in [6, 6.07) is 3.53. The van der Waals surface area contributed by atoms with Crippen molar-refractivity contribution in [1.29, 1.82) is 5.26 Å². The van der Waals surface area contributed by atoms with Gasteiger partial charge in [-0.25, -0.2) is 9.97 Å². The predicted octanol–water partition coefficient (Wildman–Crippen LogP) is 2.97. The predicted molar refractivity (Wildman–Crippen MR) is 92.5 cm³/mol. The molecule has 24 heavy (non-hydrogen) atoms. The molecule has 0 aliphatic heterocycles. The van der Waals surface area contributed by atoms with Gasteiger partial charge in [0, 0.05) is 29.7 Å². The maximum Gasteiger partial charge on any atom is 0.229 e. The molecule has 0 aromatic carbocycles. The lowest BCUT2D eigenvalue weighted by Crippen LogP contribution is -2.42. The van der Waals surface area contributed by atoms with E-state index in [0.29, 0.717) is 16.4 Å². The number of thiazole rings is 1. The maximum atomic E-state index is 12.5. The van der Waals surface area contributed by atoms with Crippen LogP contribution in [0.1, 0.15) is 39.0 Å². The van der Waals surface area contributed by atoms with Gasteiger partial charge in [0.2, 0.25) is 5.91 Å². The summed E-state index contributed by atoms with van der Waals surface area (Å²) in [5.74, 6) is -0.0684. The van der Waals surface area contributed by atoms with Crippen LogP contribution in [0.2, 0.25) is 0 Å². The van der Waals surface area contributed by atoms with Crippen molar-refractivity contribution in [3.63, 3.8) is 0 Å². The third-order valence-electron chi connectivity index (χ3n) is 3.48. The molecule has 2 heterocycles. The van der Waals surface area contributed by atoms with E-state index in [0.717, 1.165) is 0 Å². The number of nitrogens with zero attached hydrogens (tertiary/aromatic N) is 4. The summed E-state index contributed by atoms with van der Waals surface area (Å²) in [5.41, 5.74) is 1.26. The number of nitriles is 1. The smallest absolute Gasteiger partial charge is 0.229 e. The van der Waals surface area contributed by atoms with Crippen molar-refractivity contribution in [1.82, 2.24) is 14.9 Å². The standard InChI is InChI=1S/C17H20N4O2S/c1-10(2)21(11(3)4)15(23)6-13-9-24-17(20-13)16-14(22)5-12(7-18)8-19-16/h5,8-11,22H,6H2,1-4H3. The monoisotopic (exact) mass is 344 g/mol. The average Bonchev–Trinajstić information content (AvgIpc) is 2.94. The van der Waals surface area contributed by atoms with Gasteiger partial charge in [-0.05, 0) is 27.7 Å². The van der Waals surface area contributed by atoms with E-state index in [9.17, 15) is 9.90 Å². The van der Waals surface area contributed by atoms with Gasteiger partial charge in [0.05, 0.1) is 17.7 Å². The lowest BCUT2D eigenvalue weighted by atomic mass is 10.2. The van der Waals surface area contributed by atoms with E-state index in [1.807, 2.05) is 38.7 Å². The molecule has 0 saturated carbocycles. The van der Waals surface area contributed by atoms with Crippen LogP contribution in [0.4, 0.5) is 0 Å². The third-order valence-corrected chi connectivity index (χ3v) is 4.38. The number of carbonyl (C=O) groups excluding carboxylic acids is 1. The second kappa shape index (κ2) is 7.41. The Bertz CT molecular complexity index is 769. The second-order valence-electron chi connectivity index (χ2n) is 6.01. The minimum absolute atomic E-state index is 0.0221. The van der Waals surface area contributed by atoms with E-state index >= 15 is 0 Å². The Balaban J connectivity index is 2.19. The van der Waals surface area contributed by atoms with E-state index in [-0.39, 0.29) is 35.7 Å². The Kier molecular flexibility index (Phi) is 5.52. The van der Waals surface area contributed by atoms with Crippen LogP contribution in [-0.2, 0) is 11.2 Å². The molecule has 1 N–H and O–H groups in total. The Morgan fingerprint density at radius 1 is 1.38 bits per heavy atom. The summed E-state index contributed by atoms with van der Waals surface area (Å²) in [7, 11) is 0. The molecule has 0 fully saturated rings. The highest BCUT2D eigenvalue weighted by Crippen LogP contribution is 2.30. The summed E-state index contributed by atoms with van der Waals surface area (Å²) < 4.78 is 0. The fourth-order valence-electron chi connectivity index (χ4n) is 2.59. The topological polar surface area (TPSA) is 90.1 Å². The Labute approximate surface area is 145 Å². The van der Waals surface area contributed by atoms with Gasteiger partial charge in [-0.15, -0.1) is 11.3 Å². The summed E-state index contributed by atoms with van der Waals surface area (Å²) >= 11 is 1.31. The normalized spacial score (nSPS) is 10.9. The zero-order valence-electron chi connectivity index (χ0n) is 14.1. The average molecular weight is 344 g/mol. The van der Waals surface area contributed by atoms with E-state index in [1.54, 1.807) is 5.38 Å². The number of hydrogen-bond acceptors (Lipinski definition) is 6. The highest BCUT2D eigenvalue weighted by molar-refractivity contribution is 7.13. The minimum Gasteiger partial charge on any atom is -0.506 e. The first-order valence-electron chi connectivity index (χ1n) is 7.68. The lowest BCUT2D eigenvalue weighted by Gasteiger charge is -2.30. The van der Waals surface area contributed by atoms with E-state index in [4.69, 9.17) is 5.26 Å². The highest BCUT2D eigenvalue weighted by atomic mass is 32.1. The molecule has 2 aromatic rings. The Morgan fingerprint density at radius 3 is 2.58 bits per heavy atom. The third kappa shape index (κ3) is 3.89. The summed E-state index contributed by atoms with van der Waals surface area (Å²) in [5, 5.41) is 21.1. The first kappa shape index (κ1) is 17.9. The van der Waals surface area contributed by atoms with Crippen LogP contribution in [0.25, 0.3) is 10.7 Å². The summed E-state index contributed by atoms with van der Waals surface area (Å²) in [6.45, 7) is 7.96. The van der Waals surface area contributed by atoms with Crippen molar-refractivity contribution in [2.75, 3.05) is 0 Å². The van der Waals surface area contributed by atoms with Gasteiger partial charge in [0.15, 0.2) is 0 Å². The van der Waals surface area contributed by atoms with Gasteiger partial charge < -0.3 is 10.0 Å². The minimum atomic E-state index is -0.0905. The van der Waals surface area contributed by atoms with Gasteiger partial charge in [-0.3, -0.25) is 4.79 Å². The molecule has 0 radical (unpaired) electrons. The highest BCUT2D eigenvalue weighted by Gasteiger charge is 2.21. The first-order valence-corrected chi connectivity index (χ1v) is 8.56. The number of carbonyl (C=O) groups is 1. The zero-order chi connectivity index (χ0) is 17.9. The van der Waals surface area contributed by atoms with Gasteiger partial charge in [0.25, 0.3) is 0 Å². The Hall–Kier alpha value is -2.46. The molecule has 7 heteroatoms. The number of pyridine rings is 1. The van der Waals surface area contributed by atoms with Crippen molar-refractivity contribution >= 4 is 17.2 Å². The molecule has 0 aliphatic rings. The van der Waals surface area contributed by atoms with E-state index < -0.39 is 0 Å². The molecule has 0 bridgehead atoms. The molecule has 1 amide bonds. The molecule has 126 valence electrons. The second-order valence-corrected chi connectivity index (χ2v) is 6.87. The molecule has 0 spiro atoms. The molecule has 0 aliphatic carbocycles. The molecule has 0 atom stereocenters. The van der Waals surface area contributed by atoms with Crippen LogP contribution < -0.4 is 0 Å². The quantitative estimate of drug-likeness (QED) is 0.900. The van der Waals surface area contributed by atoms with E-state index in [1.165, 1.54) is 23.6 Å². The lowest BCUT2D eigenvalue weighted by molar-refractivity contribution is -0.134. The van der Waals surface area contributed by atoms with Crippen LogP contribution in [0.3, 0.4) is 0 Å². The summed E-state index contributed by atoms with van der Waals surface area (Å²) in [6.07, 6.45) is 1.60. The summed E-state index contributed by atoms with van der Waals surface area (Å²) in [4.78, 5) is 22.8. The molecule has 0 saturated heterocycles. The molecule has 6 nitrogen and oxygen atoms in total. The molecule has 2 aromatic heterocycles. The first-order chi connectivity index (χ1) is 11.3. The van der Waals surface area contributed by atoms with Crippen molar-refractivity contribution in [2.24, 2.45) is 0 Å². The van der Waals surface area contributed by atoms with Crippen LogP contribution in [0.15, 0.2) is 17.6 Å². The van der Waals surface area contributed by atoms with Gasteiger partial charge in [-0.1, -0.05) is 0 Å². The fourth-order valence-corrected chi connectivity index (χ4v) is 3.42. The zero-order valence-corrected chi connectivity index (χ0v) is 15.0. The number of aromatic nitrogens is 2. The largest absolute Gasteiger partial charge is 0.506 e. The van der Waals surface area contributed by atoms with Crippen molar-refractivity contribution < 1.29 is 9.90 Å². The van der Waals surface area contributed by atoms with Crippen LogP contribution in [-0.4, -0.2) is 38.0 Å². The molecule has 0 unspecified atom stereocenters. The van der Waals surface area contributed by atoms with Crippen LogP contribution >= 0.6 is 11.3 Å². The number of aromatic hydroxyl groups is 1. The van der Waals surface area contributed by atoms with Gasteiger partial charge in [-0.2, -0.15) is 5.26 Å². The Morgan fingerprint density at radius 2 is 2.04 bits per heavy atom. The van der Waals surface area contributed by atoms with Gasteiger partial charge >= 0.3 is 0 Å². The van der Waals surface area contributed by atoms with Crippen molar-refractivity contribution in [2.45, 2.75) is 46.2 Å². The number of hydrogen-bond donors (Lipinski definition) is 1. The number of amides is 1. The van der Waals surface area contributed by atoms with Crippen molar-refractivity contribution in [3.8, 4) is 22.5 Å². The fraction of sp³-hybridized carbons (Fsp3) is 0.412. The molecular weight excluding hydrogens is 324 g/mol. The van der Waals surface area contributed by atoms with Crippen LogP contribution in [0, 0.1) is 11.3 Å². The SMILES string of the molecule is CC(C)N(C(=O)Cc1csc(-c2ncc(C#N)cc2O)n1)C(C)C. The van der Waals surface area contributed by atoms with E-state index in [2.05, 4.69) is 9.97 Å². The van der Waals surface area contributed by atoms with Crippen LogP contribution in [0.5, 0.6) is 5.75 Å². The van der Waals surface area contributed by atoms with Gasteiger partial charge in [0.1, 0.15) is 22.5 Å². The number of rotatable bonds is 5. The maximum absolute atomic E-state index is 12.5. The molecule has 2 rings (SSSR count). The van der Waals surface area contributed by atoms with Crippen molar-refractivity contribution in [3.05, 3.63) is 28.9 Å².